The third kappa shape index (κ3) is 4.19. The zero-order valence-electron chi connectivity index (χ0n) is 15.9. The fourth-order valence-corrected chi connectivity index (χ4v) is 4.18. The van der Waals surface area contributed by atoms with E-state index in [1.54, 1.807) is 18.7 Å². The van der Waals surface area contributed by atoms with Gasteiger partial charge in [0.1, 0.15) is 16.0 Å². The second-order valence-corrected chi connectivity index (χ2v) is 7.48. The molecule has 2 aromatic heterocycles. The number of fused-ring (bicyclic) bond motifs is 1. The molecule has 146 valence electrons. The van der Waals surface area contributed by atoms with Crippen molar-refractivity contribution in [3.8, 4) is 5.88 Å². The van der Waals surface area contributed by atoms with Crippen LogP contribution in [0.15, 0.2) is 6.33 Å². The Morgan fingerprint density at radius 1 is 1.30 bits per heavy atom. The van der Waals surface area contributed by atoms with Crippen LogP contribution in [0.4, 0.5) is 0 Å². The van der Waals surface area contributed by atoms with Crippen LogP contribution in [0.25, 0.3) is 10.2 Å². The van der Waals surface area contributed by atoms with Gasteiger partial charge in [-0.15, -0.1) is 11.3 Å². The van der Waals surface area contributed by atoms with Gasteiger partial charge in [-0.2, -0.15) is 0 Å². The molecule has 8 nitrogen and oxygen atoms in total. The third-order valence-electron chi connectivity index (χ3n) is 4.26. The molecule has 1 aliphatic rings. The molecule has 0 spiro atoms. The summed E-state index contributed by atoms with van der Waals surface area (Å²) in [6, 6.07) is 0. The Labute approximate surface area is 161 Å². The van der Waals surface area contributed by atoms with E-state index in [9.17, 15) is 9.59 Å². The number of rotatable bonds is 5. The number of hydrogen-bond donors (Lipinski definition) is 0. The van der Waals surface area contributed by atoms with E-state index >= 15 is 0 Å². The molecule has 3 heterocycles. The van der Waals surface area contributed by atoms with Gasteiger partial charge in [-0.05, 0) is 33.3 Å². The number of aryl methyl sites for hydroxylation is 1. The summed E-state index contributed by atoms with van der Waals surface area (Å²) in [4.78, 5) is 35.8. The van der Waals surface area contributed by atoms with Crippen LogP contribution < -0.4 is 4.74 Å². The van der Waals surface area contributed by atoms with Gasteiger partial charge in [-0.25, -0.2) is 14.8 Å². The molecule has 1 amide bonds. The summed E-state index contributed by atoms with van der Waals surface area (Å²) in [6.07, 6.45) is 1.36. The number of thiophene rings is 1. The van der Waals surface area contributed by atoms with Crippen molar-refractivity contribution in [2.24, 2.45) is 0 Å². The maximum Gasteiger partial charge on any atom is 0.348 e. The number of morpholine rings is 1. The van der Waals surface area contributed by atoms with Gasteiger partial charge in [0.05, 0.1) is 24.2 Å². The molecule has 1 saturated heterocycles. The monoisotopic (exact) mass is 393 g/mol. The number of aromatic nitrogens is 2. The molecule has 0 unspecified atom stereocenters. The van der Waals surface area contributed by atoms with Gasteiger partial charge in [0, 0.05) is 13.1 Å². The van der Waals surface area contributed by atoms with Crippen LogP contribution in [0.3, 0.4) is 0 Å². The van der Waals surface area contributed by atoms with Crippen molar-refractivity contribution in [3.05, 3.63) is 16.8 Å². The minimum absolute atomic E-state index is 0.00490. The molecule has 3 rings (SSSR count). The molecular weight excluding hydrogens is 370 g/mol. The van der Waals surface area contributed by atoms with Crippen molar-refractivity contribution >= 4 is 33.4 Å². The largest absolute Gasteiger partial charge is 0.467 e. The maximum absolute atomic E-state index is 12.5. The first kappa shape index (κ1) is 19.5. The first-order valence-corrected chi connectivity index (χ1v) is 9.69. The summed E-state index contributed by atoms with van der Waals surface area (Å²) < 4.78 is 16.4. The van der Waals surface area contributed by atoms with Crippen molar-refractivity contribution in [3.63, 3.8) is 0 Å². The number of hydrogen-bond acceptors (Lipinski definition) is 8. The van der Waals surface area contributed by atoms with E-state index in [4.69, 9.17) is 14.2 Å². The number of carbonyl (C=O) groups excluding carboxylic acids is 2. The Hall–Kier alpha value is -2.26. The fraction of sp³-hybridized carbons (Fsp3) is 0.556. The molecule has 9 heteroatoms. The first-order valence-electron chi connectivity index (χ1n) is 8.88. The summed E-state index contributed by atoms with van der Waals surface area (Å²) in [5, 5.41) is 0.641. The van der Waals surface area contributed by atoms with Gasteiger partial charge in [0.15, 0.2) is 6.61 Å². The molecule has 1 fully saturated rings. The van der Waals surface area contributed by atoms with Crippen LogP contribution in [0, 0.1) is 6.92 Å². The maximum atomic E-state index is 12.5. The zero-order chi connectivity index (χ0) is 19.6. The zero-order valence-corrected chi connectivity index (χ0v) is 16.7. The van der Waals surface area contributed by atoms with Crippen LogP contribution >= 0.6 is 11.3 Å². The van der Waals surface area contributed by atoms with E-state index < -0.39 is 5.97 Å². The second-order valence-electron chi connectivity index (χ2n) is 6.48. The Balaban J connectivity index is 1.77. The van der Waals surface area contributed by atoms with Gasteiger partial charge in [-0.3, -0.25) is 4.79 Å². The predicted molar refractivity (Wildman–Crippen MR) is 100 cm³/mol. The summed E-state index contributed by atoms with van der Waals surface area (Å²) in [7, 11) is 0. The average Bonchev–Trinajstić information content (AvgIpc) is 2.96. The van der Waals surface area contributed by atoms with E-state index in [1.165, 1.54) is 17.7 Å². The van der Waals surface area contributed by atoms with Crippen molar-refractivity contribution < 1.29 is 23.8 Å². The lowest BCUT2D eigenvalue weighted by molar-refractivity contribution is -0.145. The second kappa shape index (κ2) is 8.18. The van der Waals surface area contributed by atoms with Crippen LogP contribution in [-0.2, 0) is 14.3 Å². The summed E-state index contributed by atoms with van der Waals surface area (Å²) in [6.45, 7) is 8.68. The molecule has 0 radical (unpaired) electrons. The standard InChI is InChI=1S/C18H23N3O5S/c1-5-24-18(23)15-12(4)14-16(19-9-20-17(14)27-15)25-8-13(22)21-6-10(2)26-11(3)7-21/h9-11H,5-8H2,1-4H3/t10-,11-/m0/s1. The molecule has 0 aromatic carbocycles. The van der Waals surface area contributed by atoms with Gasteiger partial charge in [0.2, 0.25) is 5.88 Å². The van der Waals surface area contributed by atoms with Crippen molar-refractivity contribution in [2.75, 3.05) is 26.3 Å². The minimum Gasteiger partial charge on any atom is -0.467 e. The van der Waals surface area contributed by atoms with E-state index in [-0.39, 0.29) is 24.7 Å². The molecule has 2 aromatic rings. The number of esters is 1. The molecule has 0 bridgehead atoms. The van der Waals surface area contributed by atoms with Crippen molar-refractivity contribution in [2.45, 2.75) is 39.9 Å². The summed E-state index contributed by atoms with van der Waals surface area (Å²) in [5.74, 6) is -0.217. The van der Waals surface area contributed by atoms with E-state index in [0.29, 0.717) is 46.2 Å². The predicted octanol–water partition coefficient (Wildman–Crippen LogP) is 2.19. The van der Waals surface area contributed by atoms with Crippen LogP contribution in [0.1, 0.15) is 36.0 Å². The molecule has 0 N–H and O–H groups in total. The molecule has 1 aliphatic heterocycles. The quantitative estimate of drug-likeness (QED) is 0.719. The topological polar surface area (TPSA) is 90.8 Å². The van der Waals surface area contributed by atoms with Gasteiger partial charge >= 0.3 is 5.97 Å². The Bertz CT molecular complexity index is 843. The number of ether oxygens (including phenoxy) is 3. The minimum atomic E-state index is -0.392. The lowest BCUT2D eigenvalue weighted by Crippen LogP contribution is -2.49. The Morgan fingerprint density at radius 3 is 2.67 bits per heavy atom. The highest BCUT2D eigenvalue weighted by Gasteiger charge is 2.27. The number of carbonyl (C=O) groups is 2. The molecular formula is C18H23N3O5S. The highest BCUT2D eigenvalue weighted by atomic mass is 32.1. The molecule has 2 atom stereocenters. The van der Waals surface area contributed by atoms with E-state index in [1.807, 2.05) is 13.8 Å². The summed E-state index contributed by atoms with van der Waals surface area (Å²) in [5.41, 5.74) is 0.699. The van der Waals surface area contributed by atoms with Crippen LogP contribution in [0.5, 0.6) is 5.88 Å². The lowest BCUT2D eigenvalue weighted by atomic mass is 10.2. The van der Waals surface area contributed by atoms with E-state index in [0.717, 1.165) is 0 Å². The Kier molecular flexibility index (Phi) is 5.91. The molecule has 0 saturated carbocycles. The van der Waals surface area contributed by atoms with Crippen molar-refractivity contribution in [1.82, 2.24) is 14.9 Å². The molecule has 0 aliphatic carbocycles. The number of nitrogens with zero attached hydrogens (tertiary/aromatic N) is 3. The highest BCUT2D eigenvalue weighted by Crippen LogP contribution is 2.34. The normalized spacial score (nSPS) is 19.9. The van der Waals surface area contributed by atoms with Crippen LogP contribution in [-0.4, -0.2) is 65.3 Å². The van der Waals surface area contributed by atoms with E-state index in [2.05, 4.69) is 9.97 Å². The Morgan fingerprint density at radius 2 is 2.00 bits per heavy atom. The lowest BCUT2D eigenvalue weighted by Gasteiger charge is -2.35. The smallest absolute Gasteiger partial charge is 0.348 e. The van der Waals surface area contributed by atoms with Gasteiger partial charge < -0.3 is 19.1 Å². The van der Waals surface area contributed by atoms with Crippen molar-refractivity contribution in [1.29, 1.82) is 0 Å². The number of amides is 1. The van der Waals surface area contributed by atoms with Gasteiger partial charge in [0.25, 0.3) is 5.91 Å². The molecule has 27 heavy (non-hydrogen) atoms. The fourth-order valence-electron chi connectivity index (χ4n) is 3.14. The van der Waals surface area contributed by atoms with Gasteiger partial charge in [-0.1, -0.05) is 0 Å². The SMILES string of the molecule is CCOC(=O)c1sc2ncnc(OCC(=O)N3C[C@H](C)O[C@@H](C)C3)c2c1C. The average molecular weight is 393 g/mol. The first-order chi connectivity index (χ1) is 12.9. The van der Waals surface area contributed by atoms with Crippen LogP contribution in [0.2, 0.25) is 0 Å². The highest BCUT2D eigenvalue weighted by molar-refractivity contribution is 7.20. The third-order valence-corrected chi connectivity index (χ3v) is 5.44. The summed E-state index contributed by atoms with van der Waals surface area (Å²) >= 11 is 1.23.